The molecule has 3 amide bonds. The molecular formula is C26H43N3O4. The molecular weight excluding hydrogens is 418 g/mol. The van der Waals surface area contributed by atoms with Gasteiger partial charge in [-0.3, -0.25) is 9.59 Å². The van der Waals surface area contributed by atoms with E-state index in [0.717, 1.165) is 24.8 Å². The van der Waals surface area contributed by atoms with Crippen molar-refractivity contribution in [3.63, 3.8) is 0 Å². The van der Waals surface area contributed by atoms with Crippen LogP contribution in [0.2, 0.25) is 0 Å². The van der Waals surface area contributed by atoms with Crippen LogP contribution in [-0.4, -0.2) is 47.0 Å². The SMILES string of the molecule is CCCCCN(C(=O)C(NC(=O)OC(C)(C)C)C(C)C)C(C(=O)NC(C)C)c1ccccc1. The van der Waals surface area contributed by atoms with Gasteiger partial charge in [-0.15, -0.1) is 0 Å². The molecule has 2 unspecified atom stereocenters. The summed E-state index contributed by atoms with van der Waals surface area (Å²) in [6.07, 6.45) is 2.03. The summed E-state index contributed by atoms with van der Waals surface area (Å²) >= 11 is 0. The van der Waals surface area contributed by atoms with Crippen LogP contribution in [0.1, 0.15) is 86.3 Å². The highest BCUT2D eigenvalue weighted by atomic mass is 16.6. The number of rotatable bonds is 11. The van der Waals surface area contributed by atoms with E-state index in [0.29, 0.717) is 6.54 Å². The molecule has 0 aliphatic carbocycles. The van der Waals surface area contributed by atoms with E-state index in [1.807, 2.05) is 58.0 Å². The highest BCUT2D eigenvalue weighted by Crippen LogP contribution is 2.25. The fourth-order valence-corrected chi connectivity index (χ4v) is 3.50. The van der Waals surface area contributed by atoms with Crippen molar-refractivity contribution in [2.45, 2.75) is 98.4 Å². The number of benzene rings is 1. The zero-order valence-corrected chi connectivity index (χ0v) is 21.6. The Balaban J connectivity index is 3.37. The van der Waals surface area contributed by atoms with Crippen LogP contribution in [0.5, 0.6) is 0 Å². The van der Waals surface area contributed by atoms with Crippen molar-refractivity contribution in [1.29, 1.82) is 0 Å². The Labute approximate surface area is 199 Å². The molecule has 0 aliphatic heterocycles. The largest absolute Gasteiger partial charge is 0.444 e. The maximum Gasteiger partial charge on any atom is 0.408 e. The highest BCUT2D eigenvalue weighted by Gasteiger charge is 2.37. The molecule has 1 rings (SSSR count). The van der Waals surface area contributed by atoms with Crippen LogP contribution in [0, 0.1) is 5.92 Å². The van der Waals surface area contributed by atoms with Crippen LogP contribution in [-0.2, 0) is 14.3 Å². The lowest BCUT2D eigenvalue weighted by molar-refractivity contribution is -0.143. The second-order valence-corrected chi connectivity index (χ2v) is 10.1. The average molecular weight is 462 g/mol. The van der Waals surface area contributed by atoms with Crippen molar-refractivity contribution in [2.24, 2.45) is 5.92 Å². The standard InChI is InChI=1S/C26H43N3O4/c1-9-10-14-17-29(22(23(30)27-19(4)5)20-15-12-11-13-16-20)24(31)21(18(2)3)28-25(32)33-26(6,7)8/h11-13,15-16,18-19,21-22H,9-10,14,17H2,1-8H3,(H,27,30)(H,28,32). The second-order valence-electron chi connectivity index (χ2n) is 10.1. The van der Waals surface area contributed by atoms with Gasteiger partial charge in [-0.2, -0.15) is 0 Å². The minimum absolute atomic E-state index is 0.0721. The Morgan fingerprint density at radius 3 is 2.06 bits per heavy atom. The number of hydrogen-bond donors (Lipinski definition) is 2. The molecule has 7 nitrogen and oxygen atoms in total. The van der Waals surface area contributed by atoms with Gasteiger partial charge in [0.25, 0.3) is 0 Å². The van der Waals surface area contributed by atoms with Gasteiger partial charge in [0.05, 0.1) is 0 Å². The highest BCUT2D eigenvalue weighted by molar-refractivity contribution is 5.92. The summed E-state index contributed by atoms with van der Waals surface area (Å²) in [7, 11) is 0. The van der Waals surface area contributed by atoms with Crippen molar-refractivity contribution in [3.8, 4) is 0 Å². The molecule has 0 fully saturated rings. The quantitative estimate of drug-likeness (QED) is 0.463. The van der Waals surface area contributed by atoms with Gasteiger partial charge < -0.3 is 20.3 Å². The molecule has 2 N–H and O–H groups in total. The first-order valence-electron chi connectivity index (χ1n) is 12.0. The zero-order valence-electron chi connectivity index (χ0n) is 21.6. The Morgan fingerprint density at radius 2 is 1.58 bits per heavy atom. The molecule has 0 saturated heterocycles. The van der Waals surface area contributed by atoms with Gasteiger partial charge in [-0.1, -0.05) is 63.9 Å². The summed E-state index contributed by atoms with van der Waals surface area (Å²) in [6, 6.07) is 7.63. The number of alkyl carbamates (subject to hydrolysis) is 1. The Morgan fingerprint density at radius 1 is 0.970 bits per heavy atom. The molecule has 1 aromatic carbocycles. The van der Waals surface area contributed by atoms with E-state index >= 15 is 0 Å². The van der Waals surface area contributed by atoms with Crippen LogP contribution in [0.3, 0.4) is 0 Å². The molecule has 0 spiro atoms. The molecule has 0 radical (unpaired) electrons. The predicted molar refractivity (Wildman–Crippen MR) is 132 cm³/mol. The van der Waals surface area contributed by atoms with Crippen molar-refractivity contribution in [3.05, 3.63) is 35.9 Å². The molecule has 0 heterocycles. The summed E-state index contributed by atoms with van der Waals surface area (Å²) < 4.78 is 5.39. The van der Waals surface area contributed by atoms with Crippen molar-refractivity contribution in [2.75, 3.05) is 6.54 Å². The second kappa shape index (κ2) is 13.2. The lowest BCUT2D eigenvalue weighted by Gasteiger charge is -2.36. The smallest absolute Gasteiger partial charge is 0.408 e. The monoisotopic (exact) mass is 461 g/mol. The van der Waals surface area contributed by atoms with E-state index in [1.54, 1.807) is 25.7 Å². The average Bonchev–Trinajstić information content (AvgIpc) is 2.69. The van der Waals surface area contributed by atoms with Crippen molar-refractivity contribution in [1.82, 2.24) is 15.5 Å². The number of nitrogens with one attached hydrogen (secondary N) is 2. The molecule has 2 atom stereocenters. The van der Waals surface area contributed by atoms with Gasteiger partial charge in [0.1, 0.15) is 17.7 Å². The predicted octanol–water partition coefficient (Wildman–Crippen LogP) is 4.82. The maximum absolute atomic E-state index is 13.9. The summed E-state index contributed by atoms with van der Waals surface area (Å²) in [6.45, 7) is 15.4. The number of nitrogens with zero attached hydrogens (tertiary/aromatic N) is 1. The van der Waals surface area contributed by atoms with Crippen LogP contribution >= 0.6 is 0 Å². The van der Waals surface area contributed by atoms with E-state index in [1.165, 1.54) is 0 Å². The number of carbonyl (C=O) groups excluding carboxylic acids is 3. The number of carbonyl (C=O) groups is 3. The van der Waals surface area contributed by atoms with E-state index < -0.39 is 23.8 Å². The summed E-state index contributed by atoms with van der Waals surface area (Å²) in [5.41, 5.74) is 0.0550. The molecule has 0 aromatic heterocycles. The topological polar surface area (TPSA) is 87.7 Å². The third-order valence-electron chi connectivity index (χ3n) is 5.00. The van der Waals surface area contributed by atoms with E-state index in [-0.39, 0.29) is 23.8 Å². The number of unbranched alkanes of at least 4 members (excludes halogenated alkanes) is 2. The first kappa shape index (κ1) is 28.5. The van der Waals surface area contributed by atoms with Crippen LogP contribution in [0.4, 0.5) is 4.79 Å². The molecule has 186 valence electrons. The Hall–Kier alpha value is -2.57. The minimum atomic E-state index is -0.820. The fourth-order valence-electron chi connectivity index (χ4n) is 3.50. The Bertz CT molecular complexity index is 757. The third kappa shape index (κ3) is 9.84. The minimum Gasteiger partial charge on any atom is -0.444 e. The number of hydrogen-bond acceptors (Lipinski definition) is 4. The van der Waals surface area contributed by atoms with Gasteiger partial charge in [-0.05, 0) is 52.5 Å². The molecule has 0 aliphatic rings. The van der Waals surface area contributed by atoms with Gasteiger partial charge >= 0.3 is 6.09 Å². The van der Waals surface area contributed by atoms with Crippen molar-refractivity contribution < 1.29 is 19.1 Å². The maximum atomic E-state index is 13.9. The first-order valence-corrected chi connectivity index (χ1v) is 12.0. The van der Waals surface area contributed by atoms with Crippen LogP contribution < -0.4 is 10.6 Å². The lowest BCUT2D eigenvalue weighted by atomic mass is 9.98. The Kier molecular flexibility index (Phi) is 11.4. The summed E-state index contributed by atoms with van der Waals surface area (Å²) in [5, 5.41) is 5.71. The van der Waals surface area contributed by atoms with E-state index in [2.05, 4.69) is 17.6 Å². The molecule has 7 heteroatoms. The van der Waals surface area contributed by atoms with Gasteiger partial charge in [0.2, 0.25) is 11.8 Å². The zero-order chi connectivity index (χ0) is 25.2. The van der Waals surface area contributed by atoms with Gasteiger partial charge in [0.15, 0.2) is 0 Å². The van der Waals surface area contributed by atoms with Gasteiger partial charge in [-0.25, -0.2) is 4.79 Å². The molecule has 33 heavy (non-hydrogen) atoms. The summed E-state index contributed by atoms with van der Waals surface area (Å²) in [5.74, 6) is -0.719. The van der Waals surface area contributed by atoms with Crippen LogP contribution in [0.15, 0.2) is 30.3 Å². The fraction of sp³-hybridized carbons (Fsp3) is 0.654. The molecule has 1 aromatic rings. The van der Waals surface area contributed by atoms with E-state index in [9.17, 15) is 14.4 Å². The van der Waals surface area contributed by atoms with Crippen molar-refractivity contribution >= 4 is 17.9 Å². The summed E-state index contributed by atoms with van der Waals surface area (Å²) in [4.78, 5) is 41.3. The van der Waals surface area contributed by atoms with E-state index in [4.69, 9.17) is 4.74 Å². The number of ether oxygens (including phenoxy) is 1. The van der Waals surface area contributed by atoms with Crippen LogP contribution in [0.25, 0.3) is 0 Å². The van der Waals surface area contributed by atoms with Gasteiger partial charge in [0, 0.05) is 12.6 Å². The third-order valence-corrected chi connectivity index (χ3v) is 5.00. The normalized spacial score (nSPS) is 13.4. The molecule has 0 bridgehead atoms. The first-order chi connectivity index (χ1) is 15.4. The lowest BCUT2D eigenvalue weighted by Crippen LogP contribution is -2.55. The number of amides is 3. The molecule has 0 saturated carbocycles.